The third-order valence-corrected chi connectivity index (χ3v) is 12.5. The molecule has 11 heteroatoms. The predicted molar refractivity (Wildman–Crippen MR) is 235 cm³/mol. The molecule has 0 spiro atoms. The number of allylic oxidation sites excluding steroid dienone is 2. The first kappa shape index (κ1) is 49.1. The summed E-state index contributed by atoms with van der Waals surface area (Å²) in [4.78, 5) is 12.0. The molecule has 10 N–H and O–H groups in total. The molecule has 11 nitrogen and oxygen atoms in total. The number of nitrogens with one attached hydrogen (secondary N) is 2. The van der Waals surface area contributed by atoms with E-state index in [4.69, 9.17) is 0 Å². The second kappa shape index (κ2) is 24.2. The molecule has 0 saturated carbocycles. The highest BCUT2D eigenvalue weighted by molar-refractivity contribution is 5.67. The van der Waals surface area contributed by atoms with Crippen molar-refractivity contribution in [1.29, 1.82) is 0 Å². The highest BCUT2D eigenvalue weighted by Gasteiger charge is 2.37. The summed E-state index contributed by atoms with van der Waals surface area (Å²) in [5.41, 5.74) is 3.95. The van der Waals surface area contributed by atoms with Crippen molar-refractivity contribution in [2.75, 3.05) is 6.61 Å². The second-order valence-corrected chi connectivity index (χ2v) is 17.5. The quantitative estimate of drug-likeness (QED) is 0.0831. The zero-order chi connectivity index (χ0) is 43.8. The SMILES string of the molecule is CCCCC(O)C(O)C=CC1=C(CC(O)CO)C(CCC(O)C2NC(C)CCCC2CC(=O)O)NC(C(C)(O)Cc2ccc(O)cc2)CC#Cc2c(CC)cccc2CC1. The van der Waals surface area contributed by atoms with Gasteiger partial charge in [0.15, 0.2) is 0 Å². The van der Waals surface area contributed by atoms with Crippen LogP contribution < -0.4 is 10.6 Å². The summed E-state index contributed by atoms with van der Waals surface area (Å²) in [5, 5.41) is 94.9. The van der Waals surface area contributed by atoms with Crippen molar-refractivity contribution >= 4 is 5.97 Å². The van der Waals surface area contributed by atoms with Gasteiger partial charge in [0.1, 0.15) is 5.75 Å². The summed E-state index contributed by atoms with van der Waals surface area (Å²) in [5.74, 6) is 5.77. The monoisotopic (exact) mass is 833 g/mol. The number of rotatable bonds is 19. The topological polar surface area (TPSA) is 203 Å². The van der Waals surface area contributed by atoms with Crippen LogP contribution in [0.4, 0.5) is 0 Å². The molecule has 10 unspecified atom stereocenters. The third kappa shape index (κ3) is 14.8. The number of aromatic hydroxyl groups is 1. The number of phenols is 1. The molecule has 1 saturated heterocycles. The van der Waals surface area contributed by atoms with Crippen molar-refractivity contribution in [3.8, 4) is 17.6 Å². The van der Waals surface area contributed by atoms with Crippen molar-refractivity contribution in [2.45, 2.75) is 178 Å². The number of benzene rings is 2. The molecule has 0 aliphatic carbocycles. The first-order valence-electron chi connectivity index (χ1n) is 22.2. The van der Waals surface area contributed by atoms with Crippen LogP contribution in [-0.4, -0.2) is 108 Å². The van der Waals surface area contributed by atoms with E-state index in [0.29, 0.717) is 32.1 Å². The van der Waals surface area contributed by atoms with Crippen LogP contribution in [0.1, 0.15) is 127 Å². The van der Waals surface area contributed by atoms with E-state index in [1.54, 1.807) is 37.3 Å². The van der Waals surface area contributed by atoms with Crippen LogP contribution in [0, 0.1) is 17.8 Å². The smallest absolute Gasteiger partial charge is 0.303 e. The third-order valence-electron chi connectivity index (χ3n) is 12.5. The molecule has 0 aromatic heterocycles. The molecule has 4 rings (SSSR count). The van der Waals surface area contributed by atoms with E-state index in [1.165, 1.54) is 0 Å². The van der Waals surface area contributed by atoms with Crippen molar-refractivity contribution in [1.82, 2.24) is 10.6 Å². The second-order valence-electron chi connectivity index (χ2n) is 17.5. The van der Waals surface area contributed by atoms with E-state index in [2.05, 4.69) is 41.5 Å². The highest BCUT2D eigenvalue weighted by Crippen LogP contribution is 2.32. The van der Waals surface area contributed by atoms with Gasteiger partial charge < -0.3 is 51.5 Å². The fraction of sp³-hybridized carbons (Fsp3) is 0.612. The fourth-order valence-electron chi connectivity index (χ4n) is 8.94. The maximum atomic E-state index is 12.4. The largest absolute Gasteiger partial charge is 0.508 e. The lowest BCUT2D eigenvalue weighted by Crippen LogP contribution is -2.54. The van der Waals surface area contributed by atoms with Gasteiger partial charge in [-0.3, -0.25) is 4.79 Å². The van der Waals surface area contributed by atoms with Gasteiger partial charge in [-0.25, -0.2) is 0 Å². The number of carboxylic acids is 1. The molecule has 332 valence electrons. The average molecular weight is 833 g/mol. The number of hydrogen-bond acceptors (Lipinski definition) is 10. The molecule has 10 atom stereocenters. The number of unbranched alkanes of at least 4 members (excludes halogenated alkanes) is 1. The standard InChI is InChI=1S/C49H72N2O9/c1-5-7-16-43(55)44(56)26-22-36-21-20-35-13-9-12-34(6-2)40(35)15-10-17-46(49(4,60)30-33-18-23-38(53)24-19-33)51-42(41(36)29-39(54)31-52)25-27-45(57)48-37(28-47(58)59)14-8-11-32(3)50-48/h9,12-13,18-19,22-24,26,32,37,39,42-46,48,50-57,60H,5-8,11,14,16-17,20-21,25,27-31H2,1-4H3,(H,58,59). The summed E-state index contributed by atoms with van der Waals surface area (Å²) in [6.07, 6.45) is 6.42. The molecule has 2 aromatic carbocycles. The van der Waals surface area contributed by atoms with Crippen LogP contribution in [0.15, 0.2) is 65.8 Å². The number of carbonyl (C=O) groups is 1. The van der Waals surface area contributed by atoms with Gasteiger partial charge in [0, 0.05) is 49.0 Å². The Bertz CT molecular complexity index is 1760. The van der Waals surface area contributed by atoms with Gasteiger partial charge in [-0.15, -0.1) is 0 Å². The number of aliphatic hydroxyl groups is 6. The van der Waals surface area contributed by atoms with E-state index in [0.717, 1.165) is 65.5 Å². The Balaban J connectivity index is 1.90. The molecule has 2 aliphatic rings. The Kier molecular flexibility index (Phi) is 19.8. The number of hydrogen-bond donors (Lipinski definition) is 10. The van der Waals surface area contributed by atoms with E-state index >= 15 is 0 Å². The Morgan fingerprint density at radius 1 is 1.02 bits per heavy atom. The van der Waals surface area contributed by atoms with Crippen LogP contribution in [-0.2, 0) is 24.1 Å². The molecule has 2 aromatic rings. The van der Waals surface area contributed by atoms with Crippen molar-refractivity contribution in [3.05, 3.63) is 88.0 Å². The van der Waals surface area contributed by atoms with Gasteiger partial charge in [0.2, 0.25) is 0 Å². The molecule has 2 aliphatic heterocycles. The highest BCUT2D eigenvalue weighted by atomic mass is 16.4. The molecule has 60 heavy (non-hydrogen) atoms. The summed E-state index contributed by atoms with van der Waals surface area (Å²) < 4.78 is 0. The lowest BCUT2D eigenvalue weighted by molar-refractivity contribution is -0.138. The number of phenolic OH excluding ortho intramolecular Hbond substituents is 1. The van der Waals surface area contributed by atoms with Crippen LogP contribution >= 0.6 is 0 Å². The van der Waals surface area contributed by atoms with Crippen LogP contribution in [0.2, 0.25) is 0 Å². The Morgan fingerprint density at radius 3 is 2.45 bits per heavy atom. The molecule has 0 amide bonds. The maximum absolute atomic E-state index is 12.4. The zero-order valence-corrected chi connectivity index (χ0v) is 36.2. The van der Waals surface area contributed by atoms with Crippen molar-refractivity contribution < 1.29 is 45.6 Å². The average Bonchev–Trinajstić information content (AvgIpc) is 3.40. The number of aliphatic carboxylic acids is 1. The molecule has 0 bridgehead atoms. The Hall–Kier alpha value is -3.57. The van der Waals surface area contributed by atoms with Crippen LogP contribution in [0.3, 0.4) is 0 Å². The van der Waals surface area contributed by atoms with Gasteiger partial charge in [0.25, 0.3) is 0 Å². The lowest BCUT2D eigenvalue weighted by Gasteiger charge is -2.38. The first-order valence-corrected chi connectivity index (χ1v) is 22.2. The lowest BCUT2D eigenvalue weighted by atomic mass is 9.82. The van der Waals surface area contributed by atoms with Gasteiger partial charge in [-0.2, -0.15) is 0 Å². The first-order chi connectivity index (χ1) is 28.6. The Labute approximate surface area is 357 Å². The van der Waals surface area contributed by atoms with E-state index < -0.39 is 60.7 Å². The van der Waals surface area contributed by atoms with Crippen LogP contribution in [0.25, 0.3) is 0 Å². The molecular formula is C49H72N2O9. The number of fused-ring (bicyclic) bond motifs is 1. The summed E-state index contributed by atoms with van der Waals surface area (Å²) in [7, 11) is 0. The van der Waals surface area contributed by atoms with E-state index in [1.807, 2.05) is 26.0 Å². The fourth-order valence-corrected chi connectivity index (χ4v) is 8.94. The predicted octanol–water partition coefficient (Wildman–Crippen LogP) is 5.23. The van der Waals surface area contributed by atoms with Gasteiger partial charge >= 0.3 is 5.97 Å². The van der Waals surface area contributed by atoms with E-state index in [-0.39, 0.29) is 49.8 Å². The van der Waals surface area contributed by atoms with E-state index in [9.17, 15) is 45.6 Å². The summed E-state index contributed by atoms with van der Waals surface area (Å²) in [6, 6.07) is 11.2. The maximum Gasteiger partial charge on any atom is 0.303 e. The van der Waals surface area contributed by atoms with Gasteiger partial charge in [-0.05, 0) is 118 Å². The normalized spacial score (nSPS) is 24.7. The number of aliphatic hydroxyl groups excluding tert-OH is 5. The molecule has 2 heterocycles. The number of aryl methyl sites for hydroxylation is 2. The molecule has 0 radical (unpaired) electrons. The van der Waals surface area contributed by atoms with Crippen molar-refractivity contribution in [2.24, 2.45) is 5.92 Å². The van der Waals surface area contributed by atoms with Crippen LogP contribution in [0.5, 0.6) is 5.75 Å². The minimum atomic E-state index is -1.40. The van der Waals surface area contributed by atoms with Crippen molar-refractivity contribution in [3.63, 3.8) is 0 Å². The number of carboxylic acid groups (broad SMARTS) is 1. The van der Waals surface area contributed by atoms with Gasteiger partial charge in [0.05, 0.1) is 36.6 Å². The van der Waals surface area contributed by atoms with Gasteiger partial charge in [-0.1, -0.05) is 87.4 Å². The summed E-state index contributed by atoms with van der Waals surface area (Å²) in [6.45, 7) is 7.39. The minimum Gasteiger partial charge on any atom is -0.508 e. The molecular weight excluding hydrogens is 761 g/mol. The summed E-state index contributed by atoms with van der Waals surface area (Å²) >= 11 is 0. The zero-order valence-electron chi connectivity index (χ0n) is 36.2. The molecule has 1 fully saturated rings. The Morgan fingerprint density at radius 2 is 1.77 bits per heavy atom. The minimum absolute atomic E-state index is 0.0408.